The van der Waals surface area contributed by atoms with Crippen LogP contribution in [0.15, 0.2) is 48.5 Å². The minimum absolute atomic E-state index is 0.287. The predicted molar refractivity (Wildman–Crippen MR) is 69.4 cm³/mol. The molecular weight excluding hydrogens is 218 g/mol. The second kappa shape index (κ2) is 5.05. The quantitative estimate of drug-likeness (QED) is 0.710. The summed E-state index contributed by atoms with van der Waals surface area (Å²) >= 11 is 3.98. The van der Waals surface area contributed by atoms with E-state index in [2.05, 4.69) is 23.6 Å². The summed E-state index contributed by atoms with van der Waals surface area (Å²) in [7, 11) is 0. The molecule has 0 aliphatic rings. The lowest BCUT2D eigenvalue weighted by Crippen LogP contribution is -1.98. The number of rotatable bonds is 3. The van der Waals surface area contributed by atoms with Crippen LogP contribution < -0.4 is 4.72 Å². The molecule has 0 atom stereocenters. The number of hydrogen-bond donors (Lipinski definition) is 3. The van der Waals surface area contributed by atoms with E-state index in [-0.39, 0.29) is 5.75 Å². The van der Waals surface area contributed by atoms with Gasteiger partial charge in [-0.1, -0.05) is 43.1 Å². The van der Waals surface area contributed by atoms with E-state index in [1.165, 1.54) is 0 Å². The molecule has 0 fully saturated rings. The van der Waals surface area contributed by atoms with Crippen molar-refractivity contribution in [2.45, 2.75) is 6.54 Å². The Kier molecular flexibility index (Phi) is 3.49. The van der Waals surface area contributed by atoms with Gasteiger partial charge in [0.05, 0.1) is 0 Å². The Bertz CT molecular complexity index is 485. The minimum Gasteiger partial charge on any atom is -0.508 e. The van der Waals surface area contributed by atoms with Crippen molar-refractivity contribution in [2.75, 3.05) is 0 Å². The third-order valence-corrected chi connectivity index (χ3v) is 2.55. The molecule has 2 N–H and O–H groups in total. The SMILES string of the molecule is Oc1cccc(-c2cccc(CNS)c2)c1. The number of aromatic hydroxyl groups is 1. The lowest BCUT2D eigenvalue weighted by Gasteiger charge is -2.05. The van der Waals surface area contributed by atoms with Crippen LogP contribution in [0.5, 0.6) is 5.75 Å². The van der Waals surface area contributed by atoms with E-state index in [0.717, 1.165) is 23.2 Å². The first-order chi connectivity index (χ1) is 7.79. The van der Waals surface area contributed by atoms with Gasteiger partial charge in [0.1, 0.15) is 5.75 Å². The smallest absolute Gasteiger partial charge is 0.116 e. The van der Waals surface area contributed by atoms with E-state index in [1.807, 2.05) is 30.3 Å². The summed E-state index contributed by atoms with van der Waals surface area (Å²) in [6.07, 6.45) is 0. The highest BCUT2D eigenvalue weighted by atomic mass is 32.1. The Hall–Kier alpha value is -1.45. The van der Waals surface area contributed by atoms with Crippen LogP contribution in [-0.2, 0) is 6.54 Å². The van der Waals surface area contributed by atoms with E-state index >= 15 is 0 Å². The van der Waals surface area contributed by atoms with Crippen LogP contribution in [0.4, 0.5) is 0 Å². The summed E-state index contributed by atoms with van der Waals surface area (Å²) in [5.41, 5.74) is 3.27. The molecule has 2 aromatic rings. The zero-order chi connectivity index (χ0) is 11.4. The molecule has 0 saturated heterocycles. The molecule has 0 heterocycles. The van der Waals surface area contributed by atoms with Crippen molar-refractivity contribution in [2.24, 2.45) is 0 Å². The maximum Gasteiger partial charge on any atom is 0.116 e. The topological polar surface area (TPSA) is 32.3 Å². The van der Waals surface area contributed by atoms with Gasteiger partial charge in [-0.05, 0) is 34.9 Å². The van der Waals surface area contributed by atoms with Crippen LogP contribution >= 0.6 is 12.8 Å². The fraction of sp³-hybridized carbons (Fsp3) is 0.0769. The van der Waals surface area contributed by atoms with Crippen LogP contribution in [0.1, 0.15) is 5.56 Å². The average molecular weight is 231 g/mol. The normalized spacial score (nSPS) is 10.3. The van der Waals surface area contributed by atoms with Crippen LogP contribution in [0, 0.1) is 0 Å². The molecule has 0 aliphatic carbocycles. The molecule has 16 heavy (non-hydrogen) atoms. The van der Waals surface area contributed by atoms with Crippen molar-refractivity contribution >= 4 is 12.8 Å². The van der Waals surface area contributed by atoms with Gasteiger partial charge in [0.15, 0.2) is 0 Å². The molecule has 0 aromatic heterocycles. The number of phenols is 1. The highest BCUT2D eigenvalue weighted by molar-refractivity contribution is 7.78. The molecule has 82 valence electrons. The first-order valence-electron chi connectivity index (χ1n) is 5.05. The second-order valence-corrected chi connectivity index (χ2v) is 3.90. The van der Waals surface area contributed by atoms with Gasteiger partial charge in [-0.3, -0.25) is 4.72 Å². The molecule has 0 unspecified atom stereocenters. The molecule has 2 aromatic carbocycles. The summed E-state index contributed by atoms with van der Waals surface area (Å²) in [6, 6.07) is 15.4. The summed E-state index contributed by atoms with van der Waals surface area (Å²) < 4.78 is 2.82. The van der Waals surface area contributed by atoms with Crippen molar-refractivity contribution in [1.82, 2.24) is 4.72 Å². The van der Waals surface area contributed by atoms with Crippen molar-refractivity contribution in [1.29, 1.82) is 0 Å². The number of nitrogens with one attached hydrogen (secondary N) is 1. The van der Waals surface area contributed by atoms with Crippen molar-refractivity contribution < 1.29 is 5.11 Å². The Morgan fingerprint density at radius 3 is 2.38 bits per heavy atom. The van der Waals surface area contributed by atoms with Gasteiger partial charge in [0, 0.05) is 6.54 Å². The number of thiol groups is 1. The van der Waals surface area contributed by atoms with Crippen molar-refractivity contribution in [3.63, 3.8) is 0 Å². The molecule has 0 amide bonds. The van der Waals surface area contributed by atoms with Gasteiger partial charge in [-0.15, -0.1) is 0 Å². The molecule has 3 heteroatoms. The van der Waals surface area contributed by atoms with Gasteiger partial charge in [0.25, 0.3) is 0 Å². The maximum atomic E-state index is 9.42. The largest absolute Gasteiger partial charge is 0.508 e. The number of benzene rings is 2. The lowest BCUT2D eigenvalue weighted by atomic mass is 10.0. The first-order valence-corrected chi connectivity index (χ1v) is 5.49. The monoisotopic (exact) mass is 231 g/mol. The van der Waals surface area contributed by atoms with Crippen LogP contribution in [0.25, 0.3) is 11.1 Å². The molecule has 0 aliphatic heterocycles. The highest BCUT2D eigenvalue weighted by Crippen LogP contribution is 2.23. The van der Waals surface area contributed by atoms with Gasteiger partial charge < -0.3 is 5.11 Å². The summed E-state index contributed by atoms with van der Waals surface area (Å²) in [5.74, 6) is 0.287. The molecule has 2 nitrogen and oxygen atoms in total. The predicted octanol–water partition coefficient (Wildman–Crippen LogP) is 2.99. The number of hydrogen-bond acceptors (Lipinski definition) is 3. The Morgan fingerprint density at radius 1 is 1.00 bits per heavy atom. The average Bonchev–Trinajstić information content (AvgIpc) is 2.30. The zero-order valence-electron chi connectivity index (χ0n) is 8.72. The van der Waals surface area contributed by atoms with Crippen LogP contribution in [0.3, 0.4) is 0 Å². The van der Waals surface area contributed by atoms with Crippen LogP contribution in [0.2, 0.25) is 0 Å². The number of phenolic OH excluding ortho intramolecular Hbond substituents is 1. The Morgan fingerprint density at radius 2 is 1.69 bits per heavy atom. The van der Waals surface area contributed by atoms with Crippen molar-refractivity contribution in [3.8, 4) is 16.9 Å². The summed E-state index contributed by atoms with van der Waals surface area (Å²) in [6.45, 7) is 0.718. The maximum absolute atomic E-state index is 9.42. The fourth-order valence-corrected chi connectivity index (χ4v) is 1.82. The Labute approximate surface area is 100 Å². The van der Waals surface area contributed by atoms with E-state index in [9.17, 15) is 5.11 Å². The molecule has 0 spiro atoms. The highest BCUT2D eigenvalue weighted by Gasteiger charge is 1.99. The molecule has 0 radical (unpaired) electrons. The van der Waals surface area contributed by atoms with E-state index < -0.39 is 0 Å². The van der Waals surface area contributed by atoms with Crippen molar-refractivity contribution in [3.05, 3.63) is 54.1 Å². The van der Waals surface area contributed by atoms with Gasteiger partial charge in [0.2, 0.25) is 0 Å². The van der Waals surface area contributed by atoms with Gasteiger partial charge in [-0.25, -0.2) is 0 Å². The Balaban J connectivity index is 2.36. The first kappa shape index (κ1) is 11.0. The third-order valence-electron chi connectivity index (χ3n) is 2.39. The molecule has 2 rings (SSSR count). The van der Waals surface area contributed by atoms with Crippen LogP contribution in [-0.4, -0.2) is 5.11 Å². The van der Waals surface area contributed by atoms with Gasteiger partial charge in [-0.2, -0.15) is 0 Å². The van der Waals surface area contributed by atoms with E-state index in [4.69, 9.17) is 0 Å². The molecular formula is C13H13NOS. The fourth-order valence-electron chi connectivity index (χ4n) is 1.64. The third kappa shape index (κ3) is 2.56. The molecule has 0 saturated carbocycles. The standard InChI is InChI=1S/C13H13NOS/c15-13-6-2-5-12(8-13)11-4-1-3-10(7-11)9-14-16/h1-8,14-16H,9H2. The van der Waals surface area contributed by atoms with E-state index in [1.54, 1.807) is 12.1 Å². The van der Waals surface area contributed by atoms with Gasteiger partial charge >= 0.3 is 0 Å². The minimum atomic E-state index is 0.287. The lowest BCUT2D eigenvalue weighted by molar-refractivity contribution is 0.475. The summed E-state index contributed by atoms with van der Waals surface area (Å²) in [4.78, 5) is 0. The second-order valence-electron chi connectivity index (χ2n) is 3.59. The summed E-state index contributed by atoms with van der Waals surface area (Å²) in [5, 5.41) is 9.42. The van der Waals surface area contributed by atoms with E-state index in [0.29, 0.717) is 0 Å². The molecule has 0 bridgehead atoms. The zero-order valence-corrected chi connectivity index (χ0v) is 9.61.